The molecule has 1 aromatic heterocycles. The maximum absolute atomic E-state index is 12.9. The van der Waals surface area contributed by atoms with Crippen molar-refractivity contribution in [1.82, 2.24) is 14.7 Å². The van der Waals surface area contributed by atoms with E-state index < -0.39 is 0 Å². The van der Waals surface area contributed by atoms with Crippen molar-refractivity contribution in [2.75, 3.05) is 11.9 Å². The van der Waals surface area contributed by atoms with Gasteiger partial charge in [0.1, 0.15) is 5.82 Å². The maximum Gasteiger partial charge on any atom is 0.323 e. The van der Waals surface area contributed by atoms with Crippen LogP contribution in [0.2, 0.25) is 0 Å². The van der Waals surface area contributed by atoms with E-state index in [2.05, 4.69) is 22.5 Å². The van der Waals surface area contributed by atoms with Crippen molar-refractivity contribution in [1.29, 1.82) is 0 Å². The molecule has 132 valence electrons. The lowest BCUT2D eigenvalue weighted by Gasteiger charge is -2.27. The Labute approximate surface area is 149 Å². The molecule has 1 aromatic carbocycles. The molecule has 1 aliphatic carbocycles. The number of amides is 2. The number of anilines is 1. The summed E-state index contributed by atoms with van der Waals surface area (Å²) >= 11 is 0. The second-order valence-electron chi connectivity index (χ2n) is 7.15. The SMILES string of the molecule is O=C(Nc1ccnn1C1CCCCC1)N1CCCC1c1ccccc1. The number of carbonyl (C=O) groups excluding carboxylic acids is 1. The topological polar surface area (TPSA) is 50.2 Å². The van der Waals surface area contributed by atoms with Gasteiger partial charge in [0.25, 0.3) is 0 Å². The first-order valence-electron chi connectivity index (χ1n) is 9.49. The van der Waals surface area contributed by atoms with Crippen molar-refractivity contribution in [3.05, 3.63) is 48.2 Å². The number of rotatable bonds is 3. The lowest BCUT2D eigenvalue weighted by Crippen LogP contribution is -2.35. The molecule has 2 amide bonds. The molecule has 2 fully saturated rings. The van der Waals surface area contributed by atoms with E-state index in [1.165, 1.54) is 24.8 Å². The highest BCUT2D eigenvalue weighted by atomic mass is 16.2. The van der Waals surface area contributed by atoms with E-state index in [0.717, 1.165) is 38.0 Å². The van der Waals surface area contributed by atoms with Gasteiger partial charge in [-0.3, -0.25) is 5.32 Å². The largest absolute Gasteiger partial charge is 0.323 e. The van der Waals surface area contributed by atoms with Gasteiger partial charge in [-0.25, -0.2) is 9.48 Å². The summed E-state index contributed by atoms with van der Waals surface area (Å²) in [6, 6.07) is 12.8. The van der Waals surface area contributed by atoms with Crippen molar-refractivity contribution in [3.63, 3.8) is 0 Å². The number of hydrogen-bond acceptors (Lipinski definition) is 2. The van der Waals surface area contributed by atoms with Gasteiger partial charge in [-0.05, 0) is 31.2 Å². The summed E-state index contributed by atoms with van der Waals surface area (Å²) in [7, 11) is 0. The third-order valence-electron chi connectivity index (χ3n) is 5.52. The summed E-state index contributed by atoms with van der Waals surface area (Å²) in [6.45, 7) is 0.808. The second-order valence-corrected chi connectivity index (χ2v) is 7.15. The standard InChI is InChI=1S/C20H26N4O/c25-20(23-15-7-12-18(23)16-8-3-1-4-9-16)22-19-13-14-21-24(19)17-10-5-2-6-11-17/h1,3-4,8-9,13-14,17-18H,2,5-7,10-12,15H2,(H,22,25). The highest BCUT2D eigenvalue weighted by molar-refractivity contribution is 5.89. The van der Waals surface area contributed by atoms with Crippen molar-refractivity contribution < 1.29 is 4.79 Å². The van der Waals surface area contributed by atoms with Crippen LogP contribution in [0.25, 0.3) is 0 Å². The van der Waals surface area contributed by atoms with Gasteiger partial charge >= 0.3 is 6.03 Å². The van der Waals surface area contributed by atoms with Gasteiger partial charge in [0.2, 0.25) is 0 Å². The number of likely N-dealkylation sites (tertiary alicyclic amines) is 1. The van der Waals surface area contributed by atoms with Crippen LogP contribution in [0, 0.1) is 0 Å². The zero-order chi connectivity index (χ0) is 17.1. The molecule has 2 aliphatic rings. The Morgan fingerprint density at radius 3 is 2.60 bits per heavy atom. The van der Waals surface area contributed by atoms with Crippen LogP contribution in [0.1, 0.15) is 62.6 Å². The van der Waals surface area contributed by atoms with Crippen molar-refractivity contribution >= 4 is 11.8 Å². The predicted molar refractivity (Wildman–Crippen MR) is 98.5 cm³/mol. The molecule has 4 rings (SSSR count). The van der Waals surface area contributed by atoms with E-state index in [0.29, 0.717) is 6.04 Å². The van der Waals surface area contributed by atoms with E-state index >= 15 is 0 Å². The number of urea groups is 1. The summed E-state index contributed by atoms with van der Waals surface area (Å²) in [5.74, 6) is 0.829. The van der Waals surface area contributed by atoms with Crippen LogP contribution in [0.5, 0.6) is 0 Å². The summed E-state index contributed by atoms with van der Waals surface area (Å²) in [5, 5.41) is 7.60. The highest BCUT2D eigenvalue weighted by Crippen LogP contribution is 2.33. The van der Waals surface area contributed by atoms with Crippen LogP contribution in [-0.2, 0) is 0 Å². The van der Waals surface area contributed by atoms with Gasteiger partial charge in [-0.1, -0.05) is 49.6 Å². The minimum Gasteiger partial charge on any atom is -0.317 e. The maximum atomic E-state index is 12.9. The molecule has 1 unspecified atom stereocenters. The van der Waals surface area contributed by atoms with Crippen molar-refractivity contribution in [2.24, 2.45) is 0 Å². The van der Waals surface area contributed by atoms with E-state index in [1.807, 2.05) is 33.8 Å². The first-order chi connectivity index (χ1) is 12.3. The molecule has 2 aromatic rings. The molecular weight excluding hydrogens is 312 g/mol. The lowest BCUT2D eigenvalue weighted by molar-refractivity contribution is 0.206. The van der Waals surface area contributed by atoms with Crippen molar-refractivity contribution in [2.45, 2.75) is 57.0 Å². The zero-order valence-electron chi connectivity index (χ0n) is 14.6. The van der Waals surface area contributed by atoms with E-state index in [1.54, 1.807) is 6.20 Å². The number of aromatic nitrogens is 2. The Kier molecular flexibility index (Phi) is 4.72. The Hall–Kier alpha value is -2.30. The van der Waals surface area contributed by atoms with E-state index in [9.17, 15) is 4.79 Å². The van der Waals surface area contributed by atoms with E-state index in [4.69, 9.17) is 0 Å². The normalized spacial score (nSPS) is 21.4. The van der Waals surface area contributed by atoms with E-state index in [-0.39, 0.29) is 12.1 Å². The first-order valence-corrected chi connectivity index (χ1v) is 9.49. The molecule has 25 heavy (non-hydrogen) atoms. The smallest absolute Gasteiger partial charge is 0.317 e. The number of hydrogen-bond donors (Lipinski definition) is 1. The van der Waals surface area contributed by atoms with Gasteiger partial charge in [0, 0.05) is 12.6 Å². The summed E-state index contributed by atoms with van der Waals surface area (Å²) in [4.78, 5) is 14.9. The third kappa shape index (κ3) is 3.41. The Bertz CT molecular complexity index is 705. The van der Waals surface area contributed by atoms with Crippen LogP contribution in [0.3, 0.4) is 0 Å². The molecule has 1 aliphatic heterocycles. The molecule has 1 N–H and O–H groups in total. The monoisotopic (exact) mass is 338 g/mol. The summed E-state index contributed by atoms with van der Waals surface area (Å²) < 4.78 is 2.02. The molecule has 1 saturated heterocycles. The Balaban J connectivity index is 1.48. The lowest BCUT2D eigenvalue weighted by atomic mass is 9.96. The summed E-state index contributed by atoms with van der Waals surface area (Å²) in [5.41, 5.74) is 1.22. The highest BCUT2D eigenvalue weighted by Gasteiger charge is 2.30. The predicted octanol–water partition coefficient (Wildman–Crippen LogP) is 4.76. The van der Waals surface area contributed by atoms with Gasteiger partial charge in [0.05, 0.1) is 18.3 Å². The van der Waals surface area contributed by atoms with Gasteiger partial charge in [-0.15, -0.1) is 0 Å². The van der Waals surface area contributed by atoms with Crippen LogP contribution in [0.15, 0.2) is 42.6 Å². The number of nitrogens with zero attached hydrogens (tertiary/aromatic N) is 3. The molecular formula is C20H26N4O. The fourth-order valence-electron chi connectivity index (χ4n) is 4.24. The number of nitrogens with one attached hydrogen (secondary N) is 1. The molecule has 5 nitrogen and oxygen atoms in total. The summed E-state index contributed by atoms with van der Waals surface area (Å²) in [6.07, 6.45) is 9.99. The molecule has 1 saturated carbocycles. The number of benzene rings is 1. The molecule has 0 spiro atoms. The fraction of sp³-hybridized carbons (Fsp3) is 0.500. The van der Waals surface area contributed by atoms with Crippen molar-refractivity contribution in [3.8, 4) is 0 Å². The van der Waals surface area contributed by atoms with Gasteiger partial charge in [0.15, 0.2) is 0 Å². The second kappa shape index (κ2) is 7.30. The average Bonchev–Trinajstić information content (AvgIpc) is 3.32. The first kappa shape index (κ1) is 16.2. The Morgan fingerprint density at radius 2 is 1.80 bits per heavy atom. The van der Waals surface area contributed by atoms with Crippen LogP contribution in [0.4, 0.5) is 10.6 Å². The zero-order valence-corrected chi connectivity index (χ0v) is 14.6. The minimum atomic E-state index is -0.0103. The molecule has 1 atom stereocenters. The van der Waals surface area contributed by atoms with Gasteiger partial charge in [-0.2, -0.15) is 5.10 Å². The van der Waals surface area contributed by atoms with Gasteiger partial charge < -0.3 is 4.90 Å². The van der Waals surface area contributed by atoms with Crippen LogP contribution in [-0.4, -0.2) is 27.3 Å². The molecule has 0 bridgehead atoms. The quantitative estimate of drug-likeness (QED) is 0.877. The fourth-order valence-corrected chi connectivity index (χ4v) is 4.24. The minimum absolute atomic E-state index is 0.0103. The average molecular weight is 338 g/mol. The Morgan fingerprint density at radius 1 is 1.00 bits per heavy atom. The molecule has 0 radical (unpaired) electrons. The van der Waals surface area contributed by atoms with Crippen LogP contribution < -0.4 is 5.32 Å². The third-order valence-corrected chi connectivity index (χ3v) is 5.52. The van der Waals surface area contributed by atoms with Crippen LogP contribution >= 0.6 is 0 Å². The number of carbonyl (C=O) groups is 1. The molecule has 5 heteroatoms. The molecule has 2 heterocycles.